The second-order valence-electron chi connectivity index (χ2n) is 7.86. The van der Waals surface area contributed by atoms with Gasteiger partial charge in [-0.1, -0.05) is 11.2 Å². The third-order valence-corrected chi connectivity index (χ3v) is 6.36. The first-order chi connectivity index (χ1) is 15.2. The number of nitrogens with one attached hydrogen (secondary N) is 2. The fourth-order valence-electron chi connectivity index (χ4n) is 3.13. The first-order valence-electron chi connectivity index (χ1n) is 10.0. The van der Waals surface area contributed by atoms with Crippen molar-refractivity contribution in [2.75, 3.05) is 13.2 Å². The van der Waals surface area contributed by atoms with Gasteiger partial charge in [0.1, 0.15) is 18.8 Å². The number of sulfonamides is 1. The van der Waals surface area contributed by atoms with E-state index < -0.39 is 39.6 Å². The summed E-state index contributed by atoms with van der Waals surface area (Å²) in [5, 5.41) is 5.73. The second-order valence-corrected chi connectivity index (χ2v) is 9.61. The highest BCUT2D eigenvalue weighted by molar-refractivity contribution is 7.88. The van der Waals surface area contributed by atoms with Crippen LogP contribution >= 0.6 is 0 Å². The Bertz CT molecular complexity index is 1130. The first kappa shape index (κ1) is 22.1. The molecule has 0 unspecified atom stereocenters. The molecule has 1 saturated heterocycles. The van der Waals surface area contributed by atoms with Gasteiger partial charge < -0.3 is 14.2 Å². The Labute approximate surface area is 183 Å². The van der Waals surface area contributed by atoms with Crippen LogP contribution in [0.3, 0.4) is 0 Å². The number of hydrogen-bond acceptors (Lipinski definition) is 8. The van der Waals surface area contributed by atoms with Crippen LogP contribution in [0.1, 0.15) is 43.1 Å². The fraction of sp³-hybridized carbons (Fsp3) is 0.474. The average Bonchev–Trinajstić information content (AvgIpc) is 3.36. The molecule has 3 amide bonds. The highest BCUT2D eigenvalue weighted by Gasteiger charge is 2.29. The van der Waals surface area contributed by atoms with Crippen molar-refractivity contribution in [2.45, 2.75) is 38.1 Å². The van der Waals surface area contributed by atoms with Crippen LogP contribution < -0.4 is 14.8 Å². The molecule has 1 aromatic heterocycles. The summed E-state index contributed by atoms with van der Waals surface area (Å²) in [5.74, 6) is -1.06. The van der Waals surface area contributed by atoms with Crippen LogP contribution in [0.25, 0.3) is 0 Å². The van der Waals surface area contributed by atoms with E-state index in [1.54, 1.807) is 6.92 Å². The van der Waals surface area contributed by atoms with Gasteiger partial charge >= 0.3 is 6.03 Å². The van der Waals surface area contributed by atoms with E-state index in [2.05, 4.69) is 20.2 Å². The average molecular weight is 467 g/mol. The molecule has 2 fully saturated rings. The van der Waals surface area contributed by atoms with Gasteiger partial charge in [0.15, 0.2) is 17.4 Å². The molecule has 172 valence electrons. The van der Waals surface area contributed by atoms with E-state index >= 15 is 0 Å². The molecular weight excluding hydrogens is 445 g/mol. The number of carbonyl (C=O) groups is 2. The van der Waals surface area contributed by atoms with Crippen molar-refractivity contribution in [2.24, 2.45) is 5.92 Å². The van der Waals surface area contributed by atoms with Crippen LogP contribution in [0.2, 0.25) is 0 Å². The van der Waals surface area contributed by atoms with Crippen LogP contribution in [0.4, 0.5) is 9.18 Å². The first-order valence-corrected chi connectivity index (χ1v) is 11.7. The minimum absolute atomic E-state index is 0.00378. The van der Waals surface area contributed by atoms with Crippen molar-refractivity contribution in [3.8, 4) is 5.75 Å². The van der Waals surface area contributed by atoms with Crippen LogP contribution in [0.5, 0.6) is 5.75 Å². The second kappa shape index (κ2) is 8.82. The zero-order chi connectivity index (χ0) is 22.9. The topological polar surface area (TPSA) is 144 Å². The monoisotopic (exact) mass is 467 g/mol. The van der Waals surface area contributed by atoms with Gasteiger partial charge in [0, 0.05) is 6.04 Å². The van der Waals surface area contributed by atoms with Crippen molar-refractivity contribution in [1.29, 1.82) is 0 Å². The molecule has 0 radical (unpaired) electrons. The smallest absolute Gasteiger partial charge is 0.325 e. The van der Waals surface area contributed by atoms with E-state index in [0.717, 1.165) is 17.7 Å². The number of halogens is 1. The Hall–Kier alpha value is -3.06. The normalized spacial score (nSPS) is 17.5. The van der Waals surface area contributed by atoms with Gasteiger partial charge in [0.2, 0.25) is 21.8 Å². The van der Waals surface area contributed by atoms with Crippen molar-refractivity contribution >= 4 is 22.0 Å². The number of aromatic nitrogens is 2. The molecule has 4 rings (SSSR count). The van der Waals surface area contributed by atoms with Gasteiger partial charge in [-0.05, 0) is 43.4 Å². The lowest BCUT2D eigenvalue weighted by Crippen LogP contribution is -2.29. The van der Waals surface area contributed by atoms with Gasteiger partial charge in [-0.3, -0.25) is 10.1 Å². The maximum atomic E-state index is 14.0. The molecule has 2 aliphatic rings. The number of imide groups is 1. The van der Waals surface area contributed by atoms with E-state index in [0.29, 0.717) is 18.1 Å². The minimum atomic E-state index is -3.87. The Kier molecular flexibility index (Phi) is 6.11. The summed E-state index contributed by atoms with van der Waals surface area (Å²) >= 11 is 0. The van der Waals surface area contributed by atoms with Crippen molar-refractivity contribution in [3.05, 3.63) is 41.3 Å². The van der Waals surface area contributed by atoms with E-state index in [-0.39, 0.29) is 30.6 Å². The highest BCUT2D eigenvalue weighted by atomic mass is 32.2. The number of amides is 3. The summed E-state index contributed by atoms with van der Waals surface area (Å²) in [6, 6.07) is 2.97. The molecule has 0 bridgehead atoms. The summed E-state index contributed by atoms with van der Waals surface area (Å²) in [6.07, 6.45) is 2.14. The molecule has 2 heterocycles. The van der Waals surface area contributed by atoms with Crippen LogP contribution in [0.15, 0.2) is 22.7 Å². The molecule has 2 N–H and O–H groups in total. The molecule has 2 aromatic rings. The Balaban J connectivity index is 1.36. The number of rotatable bonds is 10. The molecule has 32 heavy (non-hydrogen) atoms. The standard InChI is InChI=1S/C19H22FN5O6S/c1-11(13-4-5-14(20)15(6-13)30-9-12-2-3-12)24-32(28,29)10-16-21-18(31-23-16)8-25-7-17(26)22-19(25)27/h4-6,11-12,24H,2-3,7-10H2,1H3,(H,22,26,27)/t11-/m1/s1. The maximum absolute atomic E-state index is 14.0. The number of nitrogens with zero attached hydrogens (tertiary/aromatic N) is 3. The molecule has 0 spiro atoms. The van der Waals surface area contributed by atoms with E-state index in [1.807, 2.05) is 0 Å². The summed E-state index contributed by atoms with van der Waals surface area (Å²) in [5.41, 5.74) is 0.541. The Morgan fingerprint density at radius 1 is 1.38 bits per heavy atom. The van der Waals surface area contributed by atoms with E-state index in [1.165, 1.54) is 18.2 Å². The van der Waals surface area contributed by atoms with Gasteiger partial charge in [-0.2, -0.15) is 4.98 Å². The quantitative estimate of drug-likeness (QED) is 0.497. The summed E-state index contributed by atoms with van der Waals surface area (Å²) in [7, 11) is -3.87. The lowest BCUT2D eigenvalue weighted by atomic mass is 10.1. The zero-order valence-corrected chi connectivity index (χ0v) is 18.0. The molecule has 1 saturated carbocycles. The van der Waals surface area contributed by atoms with Crippen molar-refractivity contribution in [1.82, 2.24) is 25.1 Å². The van der Waals surface area contributed by atoms with E-state index in [4.69, 9.17) is 9.26 Å². The molecule has 1 atom stereocenters. The van der Waals surface area contributed by atoms with Gasteiger partial charge in [-0.25, -0.2) is 22.3 Å². The van der Waals surface area contributed by atoms with Gasteiger partial charge in [-0.15, -0.1) is 0 Å². The lowest BCUT2D eigenvalue weighted by Gasteiger charge is -2.16. The van der Waals surface area contributed by atoms with Gasteiger partial charge in [0.25, 0.3) is 0 Å². The van der Waals surface area contributed by atoms with Crippen molar-refractivity contribution < 1.29 is 31.7 Å². The van der Waals surface area contributed by atoms with Crippen LogP contribution in [-0.2, 0) is 27.1 Å². The Morgan fingerprint density at radius 2 is 2.16 bits per heavy atom. The largest absolute Gasteiger partial charge is 0.490 e. The number of urea groups is 1. The summed E-state index contributed by atoms with van der Waals surface area (Å²) in [4.78, 5) is 27.9. The van der Waals surface area contributed by atoms with Crippen molar-refractivity contribution in [3.63, 3.8) is 0 Å². The molecule has 1 aliphatic carbocycles. The molecule has 11 nitrogen and oxygen atoms in total. The number of ether oxygens (including phenoxy) is 1. The molecular formula is C19H22FN5O6S. The molecule has 13 heteroatoms. The predicted octanol–water partition coefficient (Wildman–Crippen LogP) is 1.23. The Morgan fingerprint density at radius 3 is 2.84 bits per heavy atom. The molecule has 1 aliphatic heterocycles. The number of benzene rings is 1. The minimum Gasteiger partial charge on any atom is -0.490 e. The van der Waals surface area contributed by atoms with Crippen LogP contribution in [-0.4, -0.2) is 48.5 Å². The number of carbonyl (C=O) groups excluding carboxylic acids is 2. The SMILES string of the molecule is C[C@@H](NS(=O)(=O)Cc1noc(CN2CC(=O)NC2=O)n1)c1ccc(F)c(OCC2CC2)c1. The third kappa shape index (κ3) is 5.59. The summed E-state index contributed by atoms with van der Waals surface area (Å²) < 4.78 is 52.1. The zero-order valence-electron chi connectivity index (χ0n) is 17.2. The van der Waals surface area contributed by atoms with Crippen LogP contribution in [0, 0.1) is 11.7 Å². The molecule has 1 aromatic carbocycles. The fourth-order valence-corrected chi connectivity index (χ4v) is 4.34. The number of hydrogen-bond donors (Lipinski definition) is 2. The maximum Gasteiger partial charge on any atom is 0.325 e. The third-order valence-electron chi connectivity index (χ3n) is 5.01. The van der Waals surface area contributed by atoms with Gasteiger partial charge in [0.05, 0.1) is 6.61 Å². The highest BCUT2D eigenvalue weighted by Crippen LogP contribution is 2.31. The summed E-state index contributed by atoms with van der Waals surface area (Å²) in [6.45, 7) is 1.81. The lowest BCUT2D eigenvalue weighted by molar-refractivity contribution is -0.118. The van der Waals surface area contributed by atoms with E-state index in [9.17, 15) is 22.4 Å². The predicted molar refractivity (Wildman–Crippen MR) is 107 cm³/mol.